The highest BCUT2D eigenvalue weighted by molar-refractivity contribution is 5.38. The molecule has 0 spiro atoms. The maximum atomic E-state index is 5.68. The molecule has 1 heterocycles. The first-order valence-corrected chi connectivity index (χ1v) is 6.42. The van der Waals surface area contributed by atoms with Crippen LogP contribution >= 0.6 is 0 Å². The van der Waals surface area contributed by atoms with E-state index in [1.165, 1.54) is 20.0 Å². The van der Waals surface area contributed by atoms with Crippen molar-refractivity contribution >= 4 is 11.9 Å². The van der Waals surface area contributed by atoms with Crippen LogP contribution in [0.15, 0.2) is 0 Å². The Hall–Kier alpha value is -1.59. The van der Waals surface area contributed by atoms with E-state index in [1.807, 2.05) is 0 Å². The van der Waals surface area contributed by atoms with Crippen LogP contribution in [-0.2, 0) is 0 Å². The molecular formula is C12H21N5O. The molecule has 6 heteroatoms. The lowest BCUT2D eigenvalue weighted by molar-refractivity contribution is 0.378. The summed E-state index contributed by atoms with van der Waals surface area (Å²) in [6.07, 6.45) is 3.52. The second-order valence-corrected chi connectivity index (χ2v) is 5.09. The minimum absolute atomic E-state index is 0.215. The van der Waals surface area contributed by atoms with E-state index in [1.54, 1.807) is 0 Å². The third-order valence-corrected chi connectivity index (χ3v) is 2.99. The van der Waals surface area contributed by atoms with Crippen molar-refractivity contribution in [2.45, 2.75) is 39.2 Å². The number of rotatable bonds is 6. The van der Waals surface area contributed by atoms with Gasteiger partial charge in [-0.2, -0.15) is 15.0 Å². The Kier molecular flexibility index (Phi) is 3.84. The molecular weight excluding hydrogens is 230 g/mol. The Morgan fingerprint density at radius 2 is 2.06 bits per heavy atom. The van der Waals surface area contributed by atoms with Gasteiger partial charge in [-0.25, -0.2) is 0 Å². The van der Waals surface area contributed by atoms with Crippen LogP contribution < -0.4 is 15.4 Å². The summed E-state index contributed by atoms with van der Waals surface area (Å²) in [5.41, 5.74) is 5.68. The lowest BCUT2D eigenvalue weighted by Gasteiger charge is -2.23. The molecule has 1 aromatic heterocycles. The summed E-state index contributed by atoms with van der Waals surface area (Å²) in [7, 11) is 1.54. The largest absolute Gasteiger partial charge is 0.467 e. The van der Waals surface area contributed by atoms with Crippen LogP contribution in [0.1, 0.15) is 33.1 Å². The van der Waals surface area contributed by atoms with Gasteiger partial charge in [0.05, 0.1) is 7.11 Å². The van der Waals surface area contributed by atoms with Crippen LogP contribution in [0.25, 0.3) is 0 Å². The maximum absolute atomic E-state index is 5.68. The number of hydrogen-bond donors (Lipinski definition) is 1. The second kappa shape index (κ2) is 5.37. The number of nitrogens with zero attached hydrogens (tertiary/aromatic N) is 4. The van der Waals surface area contributed by atoms with E-state index in [4.69, 9.17) is 10.5 Å². The zero-order valence-corrected chi connectivity index (χ0v) is 11.3. The SMILES string of the molecule is COc1nc(N)nc(N(CCC(C)C)C2CC2)n1. The molecule has 6 nitrogen and oxygen atoms in total. The van der Waals surface area contributed by atoms with E-state index < -0.39 is 0 Å². The van der Waals surface area contributed by atoms with Crippen LogP contribution in [0.4, 0.5) is 11.9 Å². The summed E-state index contributed by atoms with van der Waals surface area (Å²) >= 11 is 0. The molecule has 1 fully saturated rings. The fourth-order valence-electron chi connectivity index (χ4n) is 1.81. The first-order valence-electron chi connectivity index (χ1n) is 6.42. The van der Waals surface area contributed by atoms with Crippen molar-refractivity contribution in [2.75, 3.05) is 24.3 Å². The Labute approximate surface area is 108 Å². The average Bonchev–Trinajstić information content (AvgIpc) is 3.12. The number of ether oxygens (including phenoxy) is 1. The first-order chi connectivity index (χ1) is 8.60. The predicted molar refractivity (Wildman–Crippen MR) is 70.6 cm³/mol. The van der Waals surface area contributed by atoms with Gasteiger partial charge in [-0.15, -0.1) is 0 Å². The molecule has 2 N–H and O–H groups in total. The number of aromatic nitrogens is 3. The summed E-state index contributed by atoms with van der Waals surface area (Å²) in [5, 5.41) is 0. The highest BCUT2D eigenvalue weighted by atomic mass is 16.5. The molecule has 1 aliphatic rings. The summed E-state index contributed by atoms with van der Waals surface area (Å²) in [6.45, 7) is 5.38. The summed E-state index contributed by atoms with van der Waals surface area (Å²) in [5.74, 6) is 1.52. The molecule has 0 atom stereocenters. The van der Waals surface area contributed by atoms with Crippen molar-refractivity contribution < 1.29 is 4.74 Å². The first kappa shape index (κ1) is 12.9. The van der Waals surface area contributed by atoms with Gasteiger partial charge in [-0.1, -0.05) is 13.8 Å². The predicted octanol–water partition coefficient (Wildman–Crippen LogP) is 1.48. The lowest BCUT2D eigenvalue weighted by atomic mass is 10.1. The van der Waals surface area contributed by atoms with Gasteiger partial charge in [0.15, 0.2) is 0 Å². The van der Waals surface area contributed by atoms with Crippen LogP contribution in [0.5, 0.6) is 6.01 Å². The molecule has 2 rings (SSSR count). The number of nitrogen functional groups attached to an aromatic ring is 1. The molecule has 0 amide bonds. The molecule has 1 saturated carbocycles. The topological polar surface area (TPSA) is 77.2 Å². The molecule has 100 valence electrons. The molecule has 0 aliphatic heterocycles. The van der Waals surface area contributed by atoms with Gasteiger partial charge in [0, 0.05) is 12.6 Å². The monoisotopic (exact) mass is 251 g/mol. The van der Waals surface area contributed by atoms with Crippen molar-refractivity contribution in [1.29, 1.82) is 0 Å². The quantitative estimate of drug-likeness (QED) is 0.825. The average molecular weight is 251 g/mol. The smallest absolute Gasteiger partial charge is 0.322 e. The molecule has 0 unspecified atom stereocenters. The molecule has 0 radical (unpaired) electrons. The molecule has 0 bridgehead atoms. The van der Waals surface area contributed by atoms with Gasteiger partial charge in [0.25, 0.3) is 0 Å². The van der Waals surface area contributed by atoms with Crippen molar-refractivity contribution in [2.24, 2.45) is 5.92 Å². The van der Waals surface area contributed by atoms with Crippen LogP contribution in [0, 0.1) is 5.92 Å². The standard InChI is InChI=1S/C12H21N5O/c1-8(2)6-7-17(9-4-5-9)11-14-10(13)15-12(16-11)18-3/h8-9H,4-7H2,1-3H3,(H2,13,14,15,16). The van der Waals surface area contributed by atoms with Gasteiger partial charge in [0.2, 0.25) is 11.9 Å². The lowest BCUT2D eigenvalue weighted by Crippen LogP contribution is -2.30. The molecule has 0 aromatic carbocycles. The van der Waals surface area contributed by atoms with Gasteiger partial charge in [-0.05, 0) is 25.2 Å². The van der Waals surface area contributed by atoms with Crippen LogP contribution in [-0.4, -0.2) is 34.6 Å². The van der Waals surface area contributed by atoms with Gasteiger partial charge in [0.1, 0.15) is 0 Å². The van der Waals surface area contributed by atoms with E-state index in [0.29, 0.717) is 17.9 Å². The minimum Gasteiger partial charge on any atom is -0.467 e. The normalized spacial score (nSPS) is 14.9. The Morgan fingerprint density at radius 1 is 1.33 bits per heavy atom. The zero-order valence-electron chi connectivity index (χ0n) is 11.3. The van der Waals surface area contributed by atoms with E-state index in [2.05, 4.69) is 33.7 Å². The van der Waals surface area contributed by atoms with E-state index in [0.717, 1.165) is 13.0 Å². The summed E-state index contributed by atoms with van der Waals surface area (Å²) in [6, 6.07) is 0.836. The Balaban J connectivity index is 2.16. The maximum Gasteiger partial charge on any atom is 0.322 e. The van der Waals surface area contributed by atoms with Crippen molar-refractivity contribution in [3.63, 3.8) is 0 Å². The number of anilines is 2. The molecule has 18 heavy (non-hydrogen) atoms. The van der Waals surface area contributed by atoms with Gasteiger partial charge in [-0.3, -0.25) is 0 Å². The summed E-state index contributed by atoms with van der Waals surface area (Å²) < 4.78 is 5.04. The Bertz CT molecular complexity index is 405. The fraction of sp³-hybridized carbons (Fsp3) is 0.750. The highest BCUT2D eigenvalue weighted by Crippen LogP contribution is 2.31. The van der Waals surface area contributed by atoms with Crippen LogP contribution in [0.3, 0.4) is 0 Å². The van der Waals surface area contributed by atoms with Gasteiger partial charge >= 0.3 is 6.01 Å². The molecule has 0 saturated heterocycles. The molecule has 1 aromatic rings. The van der Waals surface area contributed by atoms with Crippen molar-refractivity contribution in [3.05, 3.63) is 0 Å². The molecule has 1 aliphatic carbocycles. The highest BCUT2D eigenvalue weighted by Gasteiger charge is 2.31. The van der Waals surface area contributed by atoms with E-state index in [9.17, 15) is 0 Å². The number of hydrogen-bond acceptors (Lipinski definition) is 6. The van der Waals surface area contributed by atoms with Gasteiger partial charge < -0.3 is 15.4 Å². The van der Waals surface area contributed by atoms with Crippen molar-refractivity contribution in [3.8, 4) is 6.01 Å². The van der Waals surface area contributed by atoms with Crippen molar-refractivity contribution in [1.82, 2.24) is 15.0 Å². The number of methoxy groups -OCH3 is 1. The Morgan fingerprint density at radius 3 is 2.61 bits per heavy atom. The third-order valence-electron chi connectivity index (χ3n) is 2.99. The van der Waals surface area contributed by atoms with E-state index in [-0.39, 0.29) is 12.0 Å². The second-order valence-electron chi connectivity index (χ2n) is 5.09. The van der Waals surface area contributed by atoms with Crippen LogP contribution in [0.2, 0.25) is 0 Å². The summed E-state index contributed by atoms with van der Waals surface area (Å²) in [4.78, 5) is 14.7. The van der Waals surface area contributed by atoms with E-state index >= 15 is 0 Å². The fourth-order valence-corrected chi connectivity index (χ4v) is 1.81. The number of nitrogens with two attached hydrogens (primary N) is 1. The zero-order chi connectivity index (χ0) is 13.1. The minimum atomic E-state index is 0.215. The third kappa shape index (κ3) is 3.21.